The zero-order valence-electron chi connectivity index (χ0n) is 20.9. The van der Waals surface area contributed by atoms with Crippen molar-refractivity contribution in [3.63, 3.8) is 0 Å². The lowest BCUT2D eigenvalue weighted by Crippen LogP contribution is -2.49. The lowest BCUT2D eigenvalue weighted by molar-refractivity contribution is 0.0747. The van der Waals surface area contributed by atoms with Gasteiger partial charge in [-0.25, -0.2) is 18.2 Å². The summed E-state index contributed by atoms with van der Waals surface area (Å²) >= 11 is 0. The van der Waals surface area contributed by atoms with Crippen molar-refractivity contribution >= 4 is 39.2 Å². The Labute approximate surface area is 206 Å². The molecule has 188 valence electrons. The number of rotatable bonds is 5. The molecule has 10 nitrogen and oxygen atoms in total. The van der Waals surface area contributed by atoms with Gasteiger partial charge in [0.25, 0.3) is 5.91 Å². The first-order chi connectivity index (χ1) is 16.5. The van der Waals surface area contributed by atoms with E-state index in [0.717, 1.165) is 27.5 Å². The minimum atomic E-state index is -3.63. The van der Waals surface area contributed by atoms with Gasteiger partial charge in [0.15, 0.2) is 0 Å². The quantitative estimate of drug-likeness (QED) is 0.622. The Morgan fingerprint density at radius 3 is 2.29 bits per heavy atom. The maximum atomic E-state index is 13.5. The van der Waals surface area contributed by atoms with Crippen LogP contribution in [0.5, 0.6) is 0 Å². The van der Waals surface area contributed by atoms with Crippen LogP contribution in [-0.4, -0.2) is 94.8 Å². The summed E-state index contributed by atoms with van der Waals surface area (Å²) in [5.74, 6) is 0.685. The predicted molar refractivity (Wildman–Crippen MR) is 137 cm³/mol. The Hall–Kier alpha value is -3.34. The third-order valence-electron chi connectivity index (χ3n) is 6.63. The first-order valence-corrected chi connectivity index (χ1v) is 13.4. The average Bonchev–Trinajstić information content (AvgIpc) is 3.15. The van der Waals surface area contributed by atoms with Gasteiger partial charge in [0.1, 0.15) is 5.82 Å². The Morgan fingerprint density at radius 1 is 1.03 bits per heavy atom. The predicted octanol–water partition coefficient (Wildman–Crippen LogP) is 1.93. The maximum Gasteiger partial charge on any atom is 0.324 e. The smallest absolute Gasteiger partial charge is 0.324 e. The Bertz CT molecular complexity index is 1260. The molecule has 3 amide bonds. The molecule has 2 saturated heterocycles. The highest BCUT2D eigenvalue weighted by atomic mass is 32.2. The highest BCUT2D eigenvalue weighted by molar-refractivity contribution is 7.92. The zero-order valence-corrected chi connectivity index (χ0v) is 21.7. The van der Waals surface area contributed by atoms with Crippen LogP contribution in [-0.2, 0) is 10.0 Å². The second-order valence-corrected chi connectivity index (χ2v) is 11.2. The van der Waals surface area contributed by atoms with Crippen molar-refractivity contribution in [3.8, 4) is 0 Å². The van der Waals surface area contributed by atoms with E-state index in [9.17, 15) is 18.0 Å². The van der Waals surface area contributed by atoms with Crippen LogP contribution >= 0.6 is 0 Å². The fourth-order valence-electron chi connectivity index (χ4n) is 4.53. The van der Waals surface area contributed by atoms with Gasteiger partial charge in [-0.15, -0.1) is 0 Å². The standard InChI is InChI=1S/C24H32N6O4S/c1-17-14-18(2)22(25-16-17)28-9-11-29(12-10-28)23(31)20-7-6-19(30-13-8-26(3)24(30)32)15-21(20)27(4)35(5,33)34/h6-7,14-16H,8-13H2,1-5H3. The highest BCUT2D eigenvalue weighted by Crippen LogP contribution is 2.31. The van der Waals surface area contributed by atoms with Crippen LogP contribution in [0.2, 0.25) is 0 Å². The molecule has 2 aliphatic heterocycles. The number of likely N-dealkylation sites (N-methyl/N-ethyl adjacent to an activating group) is 1. The molecule has 35 heavy (non-hydrogen) atoms. The number of amides is 3. The Kier molecular flexibility index (Phi) is 6.63. The molecule has 1 aromatic carbocycles. The van der Waals surface area contributed by atoms with Gasteiger partial charge in [-0.2, -0.15) is 0 Å². The van der Waals surface area contributed by atoms with Gasteiger partial charge in [-0.05, 0) is 43.2 Å². The molecule has 0 bridgehead atoms. The molecular weight excluding hydrogens is 468 g/mol. The number of carbonyl (C=O) groups excluding carboxylic acids is 2. The first kappa shape index (κ1) is 24.8. The number of benzene rings is 1. The number of hydrogen-bond acceptors (Lipinski definition) is 6. The monoisotopic (exact) mass is 500 g/mol. The minimum absolute atomic E-state index is 0.159. The number of urea groups is 1. The molecule has 2 aromatic rings. The summed E-state index contributed by atoms with van der Waals surface area (Å²) in [7, 11) is -0.485. The molecule has 2 fully saturated rings. The molecule has 2 aliphatic rings. The lowest BCUT2D eigenvalue weighted by atomic mass is 10.1. The summed E-state index contributed by atoms with van der Waals surface area (Å²) < 4.78 is 25.9. The number of aromatic nitrogens is 1. The SMILES string of the molecule is Cc1cnc(N2CCN(C(=O)c3ccc(N4CCN(C)C4=O)cc3N(C)S(C)(=O)=O)CC2)c(C)c1. The molecule has 0 N–H and O–H groups in total. The number of aryl methyl sites for hydroxylation is 2. The van der Waals surface area contributed by atoms with Crippen molar-refractivity contribution in [1.82, 2.24) is 14.8 Å². The summed E-state index contributed by atoms with van der Waals surface area (Å²) in [4.78, 5) is 37.7. The number of pyridine rings is 1. The fraction of sp³-hybridized carbons (Fsp3) is 0.458. The molecule has 1 aromatic heterocycles. The van der Waals surface area contributed by atoms with E-state index in [1.165, 1.54) is 7.05 Å². The van der Waals surface area contributed by atoms with Gasteiger partial charge in [0.2, 0.25) is 10.0 Å². The Morgan fingerprint density at radius 2 is 1.71 bits per heavy atom. The first-order valence-electron chi connectivity index (χ1n) is 11.6. The van der Waals surface area contributed by atoms with Gasteiger partial charge in [0, 0.05) is 65.2 Å². The van der Waals surface area contributed by atoms with Gasteiger partial charge >= 0.3 is 6.03 Å². The molecule has 0 radical (unpaired) electrons. The fourth-order valence-corrected chi connectivity index (χ4v) is 5.03. The molecule has 11 heteroatoms. The highest BCUT2D eigenvalue weighted by Gasteiger charge is 2.31. The third kappa shape index (κ3) is 4.90. The van der Waals surface area contributed by atoms with Crippen molar-refractivity contribution in [3.05, 3.63) is 47.2 Å². The molecule has 0 atom stereocenters. The van der Waals surface area contributed by atoms with E-state index >= 15 is 0 Å². The number of nitrogens with zero attached hydrogens (tertiary/aromatic N) is 6. The summed E-state index contributed by atoms with van der Waals surface area (Å²) in [6, 6.07) is 6.88. The third-order valence-corrected chi connectivity index (χ3v) is 7.82. The number of carbonyl (C=O) groups is 2. The van der Waals surface area contributed by atoms with E-state index < -0.39 is 10.0 Å². The van der Waals surface area contributed by atoms with Crippen LogP contribution in [0, 0.1) is 13.8 Å². The van der Waals surface area contributed by atoms with Gasteiger partial charge in [0.05, 0.1) is 17.5 Å². The number of anilines is 3. The molecule has 4 rings (SSSR count). The summed E-state index contributed by atoms with van der Waals surface area (Å²) in [6.07, 6.45) is 2.94. The molecular formula is C24H32N6O4S. The Balaban J connectivity index is 1.58. The topological polar surface area (TPSA) is 97.4 Å². The second kappa shape index (κ2) is 9.37. The van der Waals surface area contributed by atoms with Gasteiger partial charge < -0.3 is 14.7 Å². The van der Waals surface area contributed by atoms with E-state index in [0.29, 0.717) is 50.5 Å². The normalized spacial score (nSPS) is 16.8. The average molecular weight is 501 g/mol. The minimum Gasteiger partial charge on any atom is -0.353 e. The van der Waals surface area contributed by atoms with Crippen LogP contribution < -0.4 is 14.1 Å². The van der Waals surface area contributed by atoms with Crippen LogP contribution in [0.25, 0.3) is 0 Å². The van der Waals surface area contributed by atoms with E-state index in [1.807, 2.05) is 20.0 Å². The van der Waals surface area contributed by atoms with Crippen LogP contribution in [0.3, 0.4) is 0 Å². The van der Waals surface area contributed by atoms with Crippen molar-refractivity contribution < 1.29 is 18.0 Å². The number of hydrogen-bond donors (Lipinski definition) is 0. The zero-order chi connectivity index (χ0) is 25.5. The number of piperazine rings is 1. The van der Waals surface area contributed by atoms with Crippen molar-refractivity contribution in [1.29, 1.82) is 0 Å². The largest absolute Gasteiger partial charge is 0.353 e. The lowest BCUT2D eigenvalue weighted by Gasteiger charge is -2.36. The van der Waals surface area contributed by atoms with Crippen LogP contribution in [0.1, 0.15) is 21.5 Å². The maximum absolute atomic E-state index is 13.5. The van der Waals surface area contributed by atoms with E-state index in [1.54, 1.807) is 39.9 Å². The van der Waals surface area contributed by atoms with Gasteiger partial charge in [-0.3, -0.25) is 14.0 Å². The van der Waals surface area contributed by atoms with Crippen molar-refractivity contribution in [2.24, 2.45) is 0 Å². The summed E-state index contributed by atoms with van der Waals surface area (Å²) in [6.45, 7) is 7.37. The van der Waals surface area contributed by atoms with Crippen LogP contribution in [0.4, 0.5) is 22.0 Å². The number of sulfonamides is 1. The van der Waals surface area contributed by atoms with E-state index in [4.69, 9.17) is 0 Å². The molecule has 0 unspecified atom stereocenters. The molecule has 3 heterocycles. The molecule has 0 aliphatic carbocycles. The summed E-state index contributed by atoms with van der Waals surface area (Å²) in [5, 5.41) is 0. The van der Waals surface area contributed by atoms with Crippen LogP contribution in [0.15, 0.2) is 30.5 Å². The van der Waals surface area contributed by atoms with Crippen molar-refractivity contribution in [2.45, 2.75) is 13.8 Å². The van der Waals surface area contributed by atoms with E-state index in [2.05, 4.69) is 16.0 Å². The molecule has 0 saturated carbocycles. The van der Waals surface area contributed by atoms with Gasteiger partial charge in [-0.1, -0.05) is 6.07 Å². The van der Waals surface area contributed by atoms with Crippen molar-refractivity contribution in [2.75, 3.05) is 73.7 Å². The van der Waals surface area contributed by atoms with E-state index in [-0.39, 0.29) is 17.6 Å². The molecule has 0 spiro atoms. The summed E-state index contributed by atoms with van der Waals surface area (Å²) in [5.41, 5.74) is 3.32. The second-order valence-electron chi connectivity index (χ2n) is 9.22.